The minimum atomic E-state index is -3.59. The zero-order chi connectivity index (χ0) is 15.6. The highest BCUT2D eigenvalue weighted by atomic mass is 35.5. The Morgan fingerprint density at radius 3 is 2.38 bits per heavy atom. The second-order valence-corrected chi connectivity index (χ2v) is 7.98. The molecular weight excluding hydrogens is 330 g/mol. The van der Waals surface area contributed by atoms with Gasteiger partial charge in [0.2, 0.25) is 0 Å². The molecule has 0 radical (unpaired) electrons. The molecule has 0 N–H and O–H groups in total. The number of hydrogen-bond acceptors (Lipinski definition) is 4. The van der Waals surface area contributed by atoms with Gasteiger partial charge in [0.05, 0.1) is 18.7 Å². The Morgan fingerprint density at radius 2 is 1.90 bits per heavy atom. The summed E-state index contributed by atoms with van der Waals surface area (Å²) in [6.45, 7) is 1.79. The van der Waals surface area contributed by atoms with Crippen molar-refractivity contribution in [3.63, 3.8) is 0 Å². The maximum Gasteiger partial charge on any atom is 0.265 e. The maximum atomic E-state index is 12.7. The average Bonchev–Trinajstić information content (AvgIpc) is 2.88. The molecule has 2 rings (SSSR count). The van der Waals surface area contributed by atoms with Crippen LogP contribution in [0, 0.1) is 6.92 Å². The Bertz CT molecular complexity index is 723. The van der Waals surface area contributed by atoms with E-state index in [0.717, 1.165) is 9.75 Å². The lowest BCUT2D eigenvalue weighted by atomic mass is 10.3. The van der Waals surface area contributed by atoms with Crippen LogP contribution in [0.25, 0.3) is 0 Å². The van der Waals surface area contributed by atoms with Gasteiger partial charge in [-0.05, 0) is 37.3 Å². The molecule has 0 aliphatic rings. The minimum absolute atomic E-state index is 0.307. The van der Waals surface area contributed by atoms with Crippen molar-refractivity contribution in [2.24, 2.45) is 0 Å². The fraction of sp³-hybridized carbons (Fsp3) is 0.286. The molecule has 21 heavy (non-hydrogen) atoms. The molecule has 0 unspecified atom stereocenters. The van der Waals surface area contributed by atoms with Gasteiger partial charge >= 0.3 is 0 Å². The van der Waals surface area contributed by atoms with E-state index in [4.69, 9.17) is 16.3 Å². The van der Waals surface area contributed by atoms with Gasteiger partial charge in [0, 0.05) is 16.8 Å². The second kappa shape index (κ2) is 6.25. The van der Waals surface area contributed by atoms with Crippen LogP contribution in [-0.4, -0.2) is 22.6 Å². The summed E-state index contributed by atoms with van der Waals surface area (Å²) in [6.07, 6.45) is 0. The lowest BCUT2D eigenvalue weighted by Crippen LogP contribution is -2.26. The van der Waals surface area contributed by atoms with Gasteiger partial charge in [-0.1, -0.05) is 0 Å². The summed E-state index contributed by atoms with van der Waals surface area (Å²) in [7, 11) is -0.484. The van der Waals surface area contributed by atoms with Crippen LogP contribution in [0.2, 0.25) is 0 Å². The third kappa shape index (κ3) is 3.17. The molecule has 0 atom stereocenters. The van der Waals surface area contributed by atoms with E-state index in [-0.39, 0.29) is 0 Å². The van der Waals surface area contributed by atoms with Crippen molar-refractivity contribution < 1.29 is 13.2 Å². The van der Waals surface area contributed by atoms with Gasteiger partial charge in [-0.3, -0.25) is 4.31 Å². The highest BCUT2D eigenvalue weighted by Gasteiger charge is 2.25. The predicted molar refractivity (Wildman–Crippen MR) is 87.2 cm³/mol. The van der Waals surface area contributed by atoms with E-state index in [9.17, 15) is 8.42 Å². The number of hydrogen-bond donors (Lipinski definition) is 0. The standard InChI is InChI=1S/C14H16ClNO3S2/c1-10-14(8-13(9-15)20-10)21(17,18)16(2)11-4-6-12(19-3)7-5-11/h4-8H,9H2,1-3H3. The molecule has 1 aromatic heterocycles. The van der Waals surface area contributed by atoms with E-state index in [1.165, 1.54) is 22.7 Å². The fourth-order valence-corrected chi connectivity index (χ4v) is 4.81. The number of nitrogens with zero attached hydrogens (tertiary/aromatic N) is 1. The first-order valence-electron chi connectivity index (χ1n) is 6.18. The summed E-state index contributed by atoms with van der Waals surface area (Å²) >= 11 is 7.18. The molecule has 0 fully saturated rings. The first-order chi connectivity index (χ1) is 9.90. The Morgan fingerprint density at radius 1 is 1.29 bits per heavy atom. The van der Waals surface area contributed by atoms with Crippen LogP contribution < -0.4 is 9.04 Å². The third-order valence-electron chi connectivity index (χ3n) is 3.13. The third-order valence-corrected chi connectivity index (χ3v) is 6.67. The normalized spacial score (nSPS) is 11.4. The summed E-state index contributed by atoms with van der Waals surface area (Å²) in [4.78, 5) is 1.89. The number of rotatable bonds is 5. The molecule has 0 spiro atoms. The molecule has 0 aliphatic carbocycles. The second-order valence-electron chi connectivity index (χ2n) is 4.44. The zero-order valence-electron chi connectivity index (χ0n) is 12.0. The van der Waals surface area contributed by atoms with Gasteiger partial charge in [-0.15, -0.1) is 22.9 Å². The van der Waals surface area contributed by atoms with Crippen LogP contribution in [0.1, 0.15) is 9.75 Å². The van der Waals surface area contributed by atoms with Crippen LogP contribution in [0.15, 0.2) is 35.2 Å². The number of alkyl halides is 1. The van der Waals surface area contributed by atoms with E-state index >= 15 is 0 Å². The van der Waals surface area contributed by atoms with Crippen LogP contribution in [0.5, 0.6) is 5.75 Å². The zero-order valence-corrected chi connectivity index (χ0v) is 14.3. The Balaban J connectivity index is 2.39. The number of aryl methyl sites for hydroxylation is 1. The van der Waals surface area contributed by atoms with Crippen molar-refractivity contribution >= 4 is 38.6 Å². The van der Waals surface area contributed by atoms with Gasteiger partial charge in [-0.2, -0.15) is 0 Å². The number of benzene rings is 1. The van der Waals surface area contributed by atoms with Crippen molar-refractivity contribution in [2.45, 2.75) is 17.7 Å². The Hall–Kier alpha value is -1.24. The van der Waals surface area contributed by atoms with E-state index in [1.807, 2.05) is 0 Å². The maximum absolute atomic E-state index is 12.7. The van der Waals surface area contributed by atoms with Crippen LogP contribution in [0.4, 0.5) is 5.69 Å². The predicted octanol–water partition coefficient (Wildman–Crippen LogP) is 3.63. The first-order valence-corrected chi connectivity index (χ1v) is 8.97. The number of ether oxygens (including phenoxy) is 1. The van der Waals surface area contributed by atoms with Gasteiger partial charge in [0.15, 0.2) is 0 Å². The monoisotopic (exact) mass is 345 g/mol. The van der Waals surface area contributed by atoms with Gasteiger partial charge < -0.3 is 4.74 Å². The Labute approximate surface area is 134 Å². The number of anilines is 1. The molecule has 4 nitrogen and oxygen atoms in total. The largest absolute Gasteiger partial charge is 0.497 e. The van der Waals surface area contributed by atoms with Gasteiger partial charge in [-0.25, -0.2) is 8.42 Å². The van der Waals surface area contributed by atoms with Gasteiger partial charge in [0.25, 0.3) is 10.0 Å². The molecule has 0 bridgehead atoms. The molecule has 114 valence electrons. The van der Waals surface area contributed by atoms with Crippen molar-refractivity contribution in [1.82, 2.24) is 0 Å². The summed E-state index contributed by atoms with van der Waals surface area (Å²) in [5.41, 5.74) is 0.578. The van der Waals surface area contributed by atoms with Crippen molar-refractivity contribution in [3.8, 4) is 5.75 Å². The molecule has 7 heteroatoms. The molecule has 1 aromatic carbocycles. The minimum Gasteiger partial charge on any atom is -0.497 e. The SMILES string of the molecule is COc1ccc(N(C)S(=O)(=O)c2cc(CCl)sc2C)cc1. The summed E-state index contributed by atoms with van der Waals surface area (Å²) < 4.78 is 31.7. The van der Waals surface area contributed by atoms with Crippen molar-refractivity contribution in [3.05, 3.63) is 40.1 Å². The number of halogens is 1. The highest BCUT2D eigenvalue weighted by molar-refractivity contribution is 7.93. The van der Waals surface area contributed by atoms with Crippen LogP contribution in [-0.2, 0) is 15.9 Å². The van der Waals surface area contributed by atoms with E-state index in [1.54, 1.807) is 44.4 Å². The summed E-state index contributed by atoms with van der Waals surface area (Å²) in [5.74, 6) is 0.994. The number of sulfonamides is 1. The van der Waals surface area contributed by atoms with E-state index in [2.05, 4.69) is 0 Å². The van der Waals surface area contributed by atoms with Crippen molar-refractivity contribution in [2.75, 3.05) is 18.5 Å². The van der Waals surface area contributed by atoms with Crippen molar-refractivity contribution in [1.29, 1.82) is 0 Å². The molecule has 1 heterocycles. The van der Waals surface area contributed by atoms with Crippen LogP contribution >= 0.6 is 22.9 Å². The first kappa shape index (κ1) is 16.1. The lowest BCUT2D eigenvalue weighted by molar-refractivity contribution is 0.415. The smallest absolute Gasteiger partial charge is 0.265 e. The lowest BCUT2D eigenvalue weighted by Gasteiger charge is -2.19. The molecular formula is C14H16ClNO3S2. The summed E-state index contributed by atoms with van der Waals surface area (Å²) in [5, 5.41) is 0. The van der Waals surface area contributed by atoms with E-state index in [0.29, 0.717) is 22.2 Å². The van der Waals surface area contributed by atoms with Gasteiger partial charge in [0.1, 0.15) is 10.6 Å². The molecule has 0 saturated carbocycles. The topological polar surface area (TPSA) is 46.6 Å². The molecule has 0 saturated heterocycles. The number of methoxy groups -OCH3 is 1. The Kier molecular flexibility index (Phi) is 4.81. The molecule has 0 aliphatic heterocycles. The number of thiophene rings is 1. The summed E-state index contributed by atoms with van der Waals surface area (Å²) in [6, 6.07) is 8.52. The average molecular weight is 346 g/mol. The quantitative estimate of drug-likeness (QED) is 0.777. The molecule has 2 aromatic rings. The highest BCUT2D eigenvalue weighted by Crippen LogP contribution is 2.31. The molecule has 0 amide bonds. The van der Waals surface area contributed by atoms with E-state index < -0.39 is 10.0 Å². The fourth-order valence-electron chi connectivity index (χ4n) is 1.92. The van der Waals surface area contributed by atoms with Crippen LogP contribution in [0.3, 0.4) is 0 Å².